The number of anilines is 1. The minimum absolute atomic E-state index is 0.245. The maximum Gasteiger partial charge on any atom is 0.250 e. The van der Waals surface area contributed by atoms with Crippen molar-refractivity contribution >= 4 is 73.5 Å². The highest BCUT2D eigenvalue weighted by atomic mass is 127. The first kappa shape index (κ1) is 21.7. The Bertz CT molecular complexity index is 1070. The molecule has 3 rings (SSSR count). The van der Waals surface area contributed by atoms with Gasteiger partial charge < -0.3 is 9.73 Å². The fourth-order valence-corrected chi connectivity index (χ4v) is 3.50. The predicted molar refractivity (Wildman–Crippen MR) is 134 cm³/mol. The molecule has 1 amide bonds. The molecule has 0 unspecified atom stereocenters. The van der Waals surface area contributed by atoms with Crippen LogP contribution < -0.4 is 10.6 Å². The minimum Gasteiger partial charge on any atom is -0.457 e. The van der Waals surface area contributed by atoms with Gasteiger partial charge in [-0.3, -0.25) is 10.1 Å². The van der Waals surface area contributed by atoms with E-state index in [-0.39, 0.29) is 11.0 Å². The van der Waals surface area contributed by atoms with Crippen LogP contribution in [0.15, 0.2) is 63.5 Å². The minimum atomic E-state index is -0.331. The fourth-order valence-electron chi connectivity index (χ4n) is 2.70. The summed E-state index contributed by atoms with van der Waals surface area (Å²) in [5.41, 5.74) is 4.12. The maximum absolute atomic E-state index is 12.1. The highest BCUT2D eigenvalue weighted by Gasteiger charge is 2.07. The number of thiocarbonyl (C=S) groups is 1. The Labute approximate surface area is 197 Å². The van der Waals surface area contributed by atoms with Crippen LogP contribution in [-0.2, 0) is 4.79 Å². The van der Waals surface area contributed by atoms with Gasteiger partial charge in [0.1, 0.15) is 11.5 Å². The highest BCUT2D eigenvalue weighted by Crippen LogP contribution is 2.24. The van der Waals surface area contributed by atoms with Crippen LogP contribution >= 0.6 is 50.7 Å². The molecule has 2 N–H and O–H groups in total. The first-order chi connectivity index (χ1) is 13.8. The molecular weight excluding hydrogens is 563 g/mol. The summed E-state index contributed by atoms with van der Waals surface area (Å²) in [6.45, 7) is 4.08. The number of benzene rings is 2. The molecule has 1 heterocycles. The van der Waals surface area contributed by atoms with Gasteiger partial charge in [-0.25, -0.2) is 0 Å². The molecule has 0 fully saturated rings. The summed E-state index contributed by atoms with van der Waals surface area (Å²) in [5.74, 6) is 0.989. The number of hydrogen-bond donors (Lipinski definition) is 2. The SMILES string of the molecule is Cc1cc(NC(=S)NC(=O)/C=C/c2ccc(-c3ccc(Br)cc3)o2)cc(C)c1I. The van der Waals surface area contributed by atoms with Gasteiger partial charge in [-0.1, -0.05) is 28.1 Å². The van der Waals surface area contributed by atoms with E-state index < -0.39 is 0 Å². The molecule has 7 heteroatoms. The van der Waals surface area contributed by atoms with E-state index in [0.29, 0.717) is 5.76 Å². The monoisotopic (exact) mass is 580 g/mol. The van der Waals surface area contributed by atoms with E-state index in [1.165, 1.54) is 9.65 Å². The van der Waals surface area contributed by atoms with Gasteiger partial charge in [-0.2, -0.15) is 0 Å². The standard InChI is InChI=1S/C22H18BrIN2O2S/c1-13-11-17(12-14(2)21(13)24)25-22(29)26-20(27)10-8-18-7-9-19(28-18)15-3-5-16(23)6-4-15/h3-12H,1-2H3,(H2,25,26,27,29)/b10-8+. The quantitative estimate of drug-likeness (QED) is 0.211. The van der Waals surface area contributed by atoms with E-state index in [0.717, 1.165) is 32.6 Å². The Morgan fingerprint density at radius 2 is 1.76 bits per heavy atom. The molecule has 0 aliphatic heterocycles. The van der Waals surface area contributed by atoms with Crippen molar-refractivity contribution in [1.82, 2.24) is 5.32 Å². The number of halogens is 2. The van der Waals surface area contributed by atoms with Crippen LogP contribution in [0, 0.1) is 17.4 Å². The summed E-state index contributed by atoms with van der Waals surface area (Å²) in [6, 6.07) is 15.5. The number of carbonyl (C=O) groups is 1. The first-order valence-corrected chi connectivity index (χ1v) is 11.0. The Kier molecular flexibility index (Phi) is 7.26. The summed E-state index contributed by atoms with van der Waals surface area (Å²) in [5, 5.41) is 5.93. The second kappa shape index (κ2) is 9.69. The second-order valence-corrected chi connectivity index (χ2v) is 8.81. The molecule has 0 atom stereocenters. The van der Waals surface area contributed by atoms with Crippen molar-refractivity contribution < 1.29 is 9.21 Å². The third-order valence-corrected chi connectivity index (χ3v) is 6.52. The Hall–Kier alpha value is -1.97. The second-order valence-electron chi connectivity index (χ2n) is 6.41. The van der Waals surface area contributed by atoms with Crippen molar-refractivity contribution in [3.63, 3.8) is 0 Å². The van der Waals surface area contributed by atoms with Gasteiger partial charge in [0, 0.05) is 25.4 Å². The molecule has 0 saturated heterocycles. The van der Waals surface area contributed by atoms with E-state index in [1.54, 1.807) is 6.08 Å². The normalized spacial score (nSPS) is 10.9. The van der Waals surface area contributed by atoms with E-state index in [4.69, 9.17) is 16.6 Å². The van der Waals surface area contributed by atoms with E-state index in [1.807, 2.05) is 62.4 Å². The topological polar surface area (TPSA) is 54.3 Å². The van der Waals surface area contributed by atoms with Crippen LogP contribution in [0.2, 0.25) is 0 Å². The van der Waals surface area contributed by atoms with Gasteiger partial charge in [0.15, 0.2) is 5.11 Å². The lowest BCUT2D eigenvalue weighted by molar-refractivity contribution is -0.115. The van der Waals surface area contributed by atoms with Crippen LogP contribution in [0.5, 0.6) is 0 Å². The van der Waals surface area contributed by atoms with Gasteiger partial charge in [-0.05, 0) is 102 Å². The summed E-state index contributed by atoms with van der Waals surface area (Å²) in [6.07, 6.45) is 3.00. The molecule has 0 bridgehead atoms. The molecule has 148 valence electrons. The van der Waals surface area contributed by atoms with Gasteiger partial charge in [0.2, 0.25) is 5.91 Å². The van der Waals surface area contributed by atoms with Crippen molar-refractivity contribution in [3.8, 4) is 11.3 Å². The zero-order valence-electron chi connectivity index (χ0n) is 15.8. The highest BCUT2D eigenvalue weighted by molar-refractivity contribution is 14.1. The van der Waals surface area contributed by atoms with Crippen molar-refractivity contribution in [2.24, 2.45) is 0 Å². The molecule has 4 nitrogen and oxygen atoms in total. The third-order valence-electron chi connectivity index (χ3n) is 4.09. The zero-order valence-corrected chi connectivity index (χ0v) is 20.3. The number of amides is 1. The third kappa shape index (κ3) is 6.01. The number of aryl methyl sites for hydroxylation is 2. The molecule has 0 saturated carbocycles. The van der Waals surface area contributed by atoms with Crippen molar-refractivity contribution in [2.45, 2.75) is 13.8 Å². The predicted octanol–water partition coefficient (Wildman–Crippen LogP) is 6.46. The molecule has 0 aliphatic rings. The van der Waals surface area contributed by atoms with Crippen molar-refractivity contribution in [2.75, 3.05) is 5.32 Å². The summed E-state index contributed by atoms with van der Waals surface area (Å²) >= 11 is 11.0. The molecular formula is C22H18BrIN2O2S. The van der Waals surface area contributed by atoms with Crippen LogP contribution in [0.25, 0.3) is 17.4 Å². The lowest BCUT2D eigenvalue weighted by Gasteiger charge is -2.11. The number of hydrogen-bond acceptors (Lipinski definition) is 3. The largest absolute Gasteiger partial charge is 0.457 e. The molecule has 29 heavy (non-hydrogen) atoms. The molecule has 3 aromatic rings. The van der Waals surface area contributed by atoms with Crippen LogP contribution in [0.1, 0.15) is 16.9 Å². The Balaban J connectivity index is 1.58. The smallest absolute Gasteiger partial charge is 0.250 e. The van der Waals surface area contributed by atoms with E-state index >= 15 is 0 Å². The number of rotatable bonds is 4. The van der Waals surface area contributed by atoms with Crippen molar-refractivity contribution in [1.29, 1.82) is 0 Å². The number of furan rings is 1. The van der Waals surface area contributed by atoms with Gasteiger partial charge in [0.05, 0.1) is 0 Å². The van der Waals surface area contributed by atoms with E-state index in [9.17, 15) is 4.79 Å². The summed E-state index contributed by atoms with van der Waals surface area (Å²) in [7, 11) is 0. The molecule has 0 spiro atoms. The lowest BCUT2D eigenvalue weighted by Crippen LogP contribution is -2.32. The van der Waals surface area contributed by atoms with Gasteiger partial charge >= 0.3 is 0 Å². The summed E-state index contributed by atoms with van der Waals surface area (Å²) < 4.78 is 7.99. The molecule has 0 aliphatic carbocycles. The van der Waals surface area contributed by atoms with E-state index in [2.05, 4.69) is 49.2 Å². The Morgan fingerprint density at radius 1 is 1.10 bits per heavy atom. The molecule has 2 aromatic carbocycles. The van der Waals surface area contributed by atoms with Gasteiger partial charge in [0.25, 0.3) is 0 Å². The van der Waals surface area contributed by atoms with Crippen LogP contribution in [-0.4, -0.2) is 11.0 Å². The summed E-state index contributed by atoms with van der Waals surface area (Å²) in [4.78, 5) is 12.1. The molecule has 1 aromatic heterocycles. The lowest BCUT2D eigenvalue weighted by atomic mass is 10.1. The zero-order chi connectivity index (χ0) is 21.0. The number of nitrogens with one attached hydrogen (secondary N) is 2. The average Bonchev–Trinajstić information content (AvgIpc) is 3.14. The Morgan fingerprint density at radius 3 is 2.41 bits per heavy atom. The fraction of sp³-hybridized carbons (Fsp3) is 0.0909. The maximum atomic E-state index is 12.1. The van der Waals surface area contributed by atoms with Crippen molar-refractivity contribution in [3.05, 3.63) is 79.5 Å². The van der Waals surface area contributed by atoms with Crippen LogP contribution in [0.3, 0.4) is 0 Å². The first-order valence-electron chi connectivity index (χ1n) is 8.74. The average molecular weight is 581 g/mol. The van der Waals surface area contributed by atoms with Crippen LogP contribution in [0.4, 0.5) is 5.69 Å². The number of carbonyl (C=O) groups excluding carboxylic acids is 1. The molecule has 0 radical (unpaired) electrons. The van der Waals surface area contributed by atoms with Gasteiger partial charge in [-0.15, -0.1) is 0 Å².